The van der Waals surface area contributed by atoms with Gasteiger partial charge in [-0.15, -0.1) is 0 Å². The fourth-order valence-electron chi connectivity index (χ4n) is 1.74. The third-order valence-corrected chi connectivity index (χ3v) is 2.58. The molecule has 0 radical (unpaired) electrons. The monoisotopic (exact) mass is 206 g/mol. The molecule has 0 aliphatic rings. The Morgan fingerprint density at radius 2 is 2.00 bits per heavy atom. The molecule has 0 heterocycles. The van der Waals surface area contributed by atoms with E-state index in [0.29, 0.717) is 6.54 Å². The van der Waals surface area contributed by atoms with Gasteiger partial charge in [0.05, 0.1) is 0 Å². The van der Waals surface area contributed by atoms with E-state index in [4.69, 9.17) is 5.73 Å². The van der Waals surface area contributed by atoms with Crippen LogP contribution in [0.25, 0.3) is 0 Å². The lowest BCUT2D eigenvalue weighted by Gasteiger charge is -2.27. The highest BCUT2D eigenvalue weighted by molar-refractivity contribution is 5.71. The molecule has 3 heteroatoms. The van der Waals surface area contributed by atoms with Crippen LogP contribution < -0.4 is 11.1 Å². The van der Waals surface area contributed by atoms with Crippen molar-refractivity contribution in [1.29, 1.82) is 0 Å². The van der Waals surface area contributed by atoms with Gasteiger partial charge in [0.15, 0.2) is 0 Å². The van der Waals surface area contributed by atoms with Crippen LogP contribution in [0.3, 0.4) is 0 Å². The van der Waals surface area contributed by atoms with E-state index in [0.717, 1.165) is 0 Å². The molecule has 3 N–H and O–H groups in total. The van der Waals surface area contributed by atoms with Crippen LogP contribution in [0.1, 0.15) is 25.0 Å². The number of primary amides is 1. The molecular formula is C12H18N2O. The molecule has 0 aliphatic heterocycles. The maximum atomic E-state index is 10.7. The molecule has 3 nitrogen and oxygen atoms in total. The highest BCUT2D eigenvalue weighted by Crippen LogP contribution is 2.25. The van der Waals surface area contributed by atoms with E-state index < -0.39 is 6.03 Å². The largest absolute Gasteiger partial charge is 0.352 e. The Balaban J connectivity index is 2.85. The summed E-state index contributed by atoms with van der Waals surface area (Å²) in [5.41, 5.74) is 7.43. The van der Waals surface area contributed by atoms with Crippen LogP contribution in [0, 0.1) is 6.92 Å². The van der Waals surface area contributed by atoms with Gasteiger partial charge >= 0.3 is 6.03 Å². The number of nitrogens with one attached hydrogen (secondary N) is 1. The summed E-state index contributed by atoms with van der Waals surface area (Å²) in [6.07, 6.45) is 0. The van der Waals surface area contributed by atoms with Gasteiger partial charge in [-0.1, -0.05) is 38.1 Å². The molecule has 82 valence electrons. The van der Waals surface area contributed by atoms with Crippen molar-refractivity contribution in [3.63, 3.8) is 0 Å². The van der Waals surface area contributed by atoms with Crippen LogP contribution in [0.15, 0.2) is 24.3 Å². The van der Waals surface area contributed by atoms with E-state index >= 15 is 0 Å². The molecule has 2 amide bonds. The number of hydrogen-bond acceptors (Lipinski definition) is 1. The molecule has 0 aliphatic carbocycles. The van der Waals surface area contributed by atoms with Gasteiger partial charge in [-0.3, -0.25) is 0 Å². The minimum absolute atomic E-state index is 0.0969. The first-order chi connectivity index (χ1) is 6.93. The Morgan fingerprint density at radius 1 is 1.40 bits per heavy atom. The molecule has 1 aromatic rings. The van der Waals surface area contributed by atoms with Crippen LogP contribution in [-0.4, -0.2) is 12.6 Å². The van der Waals surface area contributed by atoms with Crippen molar-refractivity contribution < 1.29 is 4.79 Å². The molecule has 0 saturated heterocycles. The minimum atomic E-state index is -0.475. The first kappa shape index (κ1) is 11.6. The quantitative estimate of drug-likeness (QED) is 0.780. The number of amides is 2. The van der Waals surface area contributed by atoms with E-state index in [2.05, 4.69) is 38.2 Å². The fraction of sp³-hybridized carbons (Fsp3) is 0.417. The zero-order chi connectivity index (χ0) is 11.5. The summed E-state index contributed by atoms with van der Waals surface area (Å²) in [6, 6.07) is 7.70. The molecule has 0 spiro atoms. The Labute approximate surface area is 90.7 Å². The van der Waals surface area contributed by atoms with E-state index in [-0.39, 0.29) is 5.41 Å². The molecule has 0 atom stereocenters. The van der Waals surface area contributed by atoms with Gasteiger partial charge in [0.2, 0.25) is 0 Å². The van der Waals surface area contributed by atoms with E-state index in [1.54, 1.807) is 0 Å². The van der Waals surface area contributed by atoms with Crippen molar-refractivity contribution in [1.82, 2.24) is 5.32 Å². The van der Waals surface area contributed by atoms with Gasteiger partial charge in [-0.2, -0.15) is 0 Å². The lowest BCUT2D eigenvalue weighted by atomic mass is 9.82. The molecule has 0 saturated carbocycles. The SMILES string of the molecule is Cc1ccccc1C(C)(C)CNC(N)=O. The highest BCUT2D eigenvalue weighted by atomic mass is 16.2. The molecule has 15 heavy (non-hydrogen) atoms. The molecule has 0 unspecified atom stereocenters. The lowest BCUT2D eigenvalue weighted by Crippen LogP contribution is -2.39. The number of rotatable bonds is 3. The number of carbonyl (C=O) groups excluding carboxylic acids is 1. The van der Waals surface area contributed by atoms with E-state index in [1.165, 1.54) is 11.1 Å². The van der Waals surface area contributed by atoms with Gasteiger partial charge in [0, 0.05) is 12.0 Å². The Bertz CT molecular complexity index is 358. The molecule has 1 aromatic carbocycles. The maximum Gasteiger partial charge on any atom is 0.312 e. The number of hydrogen-bond donors (Lipinski definition) is 2. The van der Waals surface area contributed by atoms with Crippen LogP contribution in [0.5, 0.6) is 0 Å². The number of urea groups is 1. The topological polar surface area (TPSA) is 55.1 Å². The summed E-state index contributed by atoms with van der Waals surface area (Å²) in [4.78, 5) is 10.7. The van der Waals surface area contributed by atoms with E-state index in [1.807, 2.05) is 12.1 Å². The van der Waals surface area contributed by atoms with Gasteiger partial charge in [-0.25, -0.2) is 4.79 Å². The summed E-state index contributed by atoms with van der Waals surface area (Å²) in [5.74, 6) is 0. The summed E-state index contributed by atoms with van der Waals surface area (Å²) in [6.45, 7) is 6.80. The van der Waals surface area contributed by atoms with Crippen LogP contribution in [-0.2, 0) is 5.41 Å². The second kappa shape index (κ2) is 4.34. The summed E-state index contributed by atoms with van der Waals surface area (Å²) in [5, 5.41) is 2.65. The second-order valence-corrected chi connectivity index (χ2v) is 4.42. The average molecular weight is 206 g/mol. The third kappa shape index (κ3) is 2.98. The van der Waals surface area contributed by atoms with Crippen molar-refractivity contribution >= 4 is 6.03 Å². The van der Waals surface area contributed by atoms with Crippen LogP contribution in [0.2, 0.25) is 0 Å². The lowest BCUT2D eigenvalue weighted by molar-refractivity contribution is 0.246. The summed E-state index contributed by atoms with van der Waals surface area (Å²) < 4.78 is 0. The van der Waals surface area contributed by atoms with Gasteiger partial charge in [-0.05, 0) is 18.1 Å². The van der Waals surface area contributed by atoms with Gasteiger partial charge in [0.25, 0.3) is 0 Å². The van der Waals surface area contributed by atoms with Gasteiger partial charge in [0.1, 0.15) is 0 Å². The summed E-state index contributed by atoms with van der Waals surface area (Å²) in [7, 11) is 0. The average Bonchev–Trinajstić information content (AvgIpc) is 2.15. The highest BCUT2D eigenvalue weighted by Gasteiger charge is 2.22. The Morgan fingerprint density at radius 3 is 2.53 bits per heavy atom. The molecule has 0 fully saturated rings. The third-order valence-electron chi connectivity index (χ3n) is 2.58. The zero-order valence-corrected chi connectivity index (χ0v) is 9.50. The van der Waals surface area contributed by atoms with Crippen molar-refractivity contribution in [2.45, 2.75) is 26.2 Å². The first-order valence-electron chi connectivity index (χ1n) is 5.03. The summed E-state index contributed by atoms with van der Waals surface area (Å²) >= 11 is 0. The second-order valence-electron chi connectivity index (χ2n) is 4.42. The van der Waals surface area contributed by atoms with E-state index in [9.17, 15) is 4.79 Å². The van der Waals surface area contributed by atoms with Crippen LogP contribution >= 0.6 is 0 Å². The maximum absolute atomic E-state index is 10.7. The first-order valence-corrected chi connectivity index (χ1v) is 5.03. The minimum Gasteiger partial charge on any atom is -0.352 e. The molecular weight excluding hydrogens is 188 g/mol. The number of carbonyl (C=O) groups is 1. The predicted octanol–water partition coefficient (Wildman–Crippen LogP) is 1.94. The molecule has 0 aromatic heterocycles. The predicted molar refractivity (Wildman–Crippen MR) is 61.8 cm³/mol. The Kier molecular flexibility index (Phi) is 3.35. The normalized spacial score (nSPS) is 11.1. The Hall–Kier alpha value is -1.51. The fourth-order valence-corrected chi connectivity index (χ4v) is 1.74. The van der Waals surface area contributed by atoms with Crippen molar-refractivity contribution in [2.24, 2.45) is 5.73 Å². The smallest absolute Gasteiger partial charge is 0.312 e. The standard InChI is InChI=1S/C12H18N2O/c1-9-6-4-5-7-10(9)12(2,3)8-14-11(13)15/h4-7H,8H2,1-3H3,(H3,13,14,15). The number of nitrogens with two attached hydrogens (primary N) is 1. The van der Waals surface area contributed by atoms with Crippen molar-refractivity contribution in [3.05, 3.63) is 35.4 Å². The van der Waals surface area contributed by atoms with Gasteiger partial charge < -0.3 is 11.1 Å². The molecule has 0 bridgehead atoms. The number of aryl methyl sites for hydroxylation is 1. The van der Waals surface area contributed by atoms with Crippen molar-refractivity contribution in [2.75, 3.05) is 6.54 Å². The number of benzene rings is 1. The molecule has 1 rings (SSSR count). The zero-order valence-electron chi connectivity index (χ0n) is 9.50. The van der Waals surface area contributed by atoms with Crippen LogP contribution in [0.4, 0.5) is 4.79 Å². The van der Waals surface area contributed by atoms with Crippen molar-refractivity contribution in [3.8, 4) is 0 Å².